The molecule has 1 aromatic carbocycles. The lowest BCUT2D eigenvalue weighted by Gasteiger charge is -2.35. The van der Waals surface area contributed by atoms with E-state index in [9.17, 15) is 4.79 Å². The van der Waals surface area contributed by atoms with Gasteiger partial charge in [-0.2, -0.15) is 16.7 Å². The van der Waals surface area contributed by atoms with Gasteiger partial charge >= 0.3 is 6.03 Å². The fourth-order valence-electron chi connectivity index (χ4n) is 3.21. The third kappa shape index (κ3) is 5.63. The van der Waals surface area contributed by atoms with Gasteiger partial charge in [0.15, 0.2) is 5.82 Å². The highest BCUT2D eigenvalue weighted by Gasteiger charge is 2.20. The number of aromatic nitrogens is 2. The zero-order valence-electron chi connectivity index (χ0n) is 17.6. The van der Waals surface area contributed by atoms with Crippen LogP contribution in [-0.2, 0) is 6.54 Å². The number of likely N-dealkylation sites (N-methyl/N-ethyl adjacent to an activating group) is 1. The van der Waals surface area contributed by atoms with Gasteiger partial charge in [-0.3, -0.25) is 0 Å². The Bertz CT molecular complexity index is 806. The molecule has 0 saturated carbocycles. The number of hydrogen-bond donors (Lipinski definition) is 1. The summed E-state index contributed by atoms with van der Waals surface area (Å²) < 4.78 is 5.32. The summed E-state index contributed by atoms with van der Waals surface area (Å²) in [5, 5.41) is 7.24. The summed E-state index contributed by atoms with van der Waals surface area (Å²) in [6, 6.07) is 7.72. The molecule has 2 heterocycles. The summed E-state index contributed by atoms with van der Waals surface area (Å²) in [6.07, 6.45) is 0. The van der Waals surface area contributed by atoms with Crippen LogP contribution in [0.4, 0.5) is 16.2 Å². The molecule has 1 aliphatic heterocycles. The predicted molar refractivity (Wildman–Crippen MR) is 117 cm³/mol. The van der Waals surface area contributed by atoms with Crippen LogP contribution in [0.3, 0.4) is 0 Å². The summed E-state index contributed by atoms with van der Waals surface area (Å²) in [6.45, 7) is 8.32. The minimum absolute atomic E-state index is 0.173. The van der Waals surface area contributed by atoms with Gasteiger partial charge in [-0.15, -0.1) is 0 Å². The topological polar surface area (TPSA) is 77.7 Å². The van der Waals surface area contributed by atoms with Gasteiger partial charge in [0.05, 0.1) is 16.6 Å². The van der Waals surface area contributed by atoms with Gasteiger partial charge < -0.3 is 24.5 Å². The second kappa shape index (κ2) is 9.98. The maximum absolute atomic E-state index is 12.7. The van der Waals surface area contributed by atoms with Crippen molar-refractivity contribution >= 4 is 29.2 Å². The molecule has 0 radical (unpaired) electrons. The molecule has 9 heteroatoms. The van der Waals surface area contributed by atoms with Crippen LogP contribution in [0.2, 0.25) is 0 Å². The van der Waals surface area contributed by atoms with Gasteiger partial charge in [-0.05, 0) is 31.9 Å². The number of amides is 2. The van der Waals surface area contributed by atoms with Crippen LogP contribution in [0, 0.1) is 0 Å². The molecule has 1 saturated heterocycles. The minimum Gasteiger partial charge on any atom is -0.367 e. The number of carbonyl (C=O) groups excluding carboxylic acids is 1. The molecule has 1 unspecified atom stereocenters. The second-order valence-corrected chi connectivity index (χ2v) is 8.86. The number of nitrogens with zero attached hydrogens (tertiary/aromatic N) is 5. The van der Waals surface area contributed by atoms with Crippen LogP contribution in [0.1, 0.15) is 30.8 Å². The lowest BCUT2D eigenvalue weighted by molar-refractivity contribution is 0.213. The van der Waals surface area contributed by atoms with E-state index in [4.69, 9.17) is 4.52 Å². The second-order valence-electron chi connectivity index (χ2n) is 7.24. The largest absolute Gasteiger partial charge is 0.367 e. The Hall–Kier alpha value is -2.26. The molecule has 2 aromatic rings. The van der Waals surface area contributed by atoms with Gasteiger partial charge in [0.25, 0.3) is 0 Å². The molecule has 3 rings (SSSR count). The predicted octanol–water partition coefficient (Wildman–Crippen LogP) is 3.30. The van der Waals surface area contributed by atoms with Crippen molar-refractivity contribution in [3.05, 3.63) is 36.0 Å². The SMILES string of the molecule is CCSC(C)c1noc(CN(C)C(=O)Nc2ccccc2N2CCN(C)CC2)n1. The van der Waals surface area contributed by atoms with Crippen LogP contribution >= 0.6 is 11.8 Å². The van der Waals surface area contributed by atoms with Crippen molar-refractivity contribution in [3.8, 4) is 0 Å². The number of nitrogens with one attached hydrogen (secondary N) is 1. The Morgan fingerprint density at radius 2 is 2.03 bits per heavy atom. The van der Waals surface area contributed by atoms with Crippen LogP contribution in [0.5, 0.6) is 0 Å². The fourth-order valence-corrected chi connectivity index (χ4v) is 3.95. The van der Waals surface area contributed by atoms with E-state index >= 15 is 0 Å². The van der Waals surface area contributed by atoms with E-state index in [1.807, 2.05) is 18.2 Å². The van der Waals surface area contributed by atoms with Gasteiger partial charge in [0.1, 0.15) is 6.54 Å². The van der Waals surface area contributed by atoms with E-state index in [1.165, 1.54) is 0 Å². The normalized spacial score (nSPS) is 15.9. The Morgan fingerprint density at radius 3 is 2.76 bits per heavy atom. The maximum atomic E-state index is 12.7. The lowest BCUT2D eigenvalue weighted by atomic mass is 10.2. The van der Waals surface area contributed by atoms with Crippen LogP contribution in [-0.4, -0.2) is 72.0 Å². The van der Waals surface area contributed by atoms with Crippen molar-refractivity contribution in [2.45, 2.75) is 25.6 Å². The highest BCUT2D eigenvalue weighted by molar-refractivity contribution is 7.99. The molecule has 29 heavy (non-hydrogen) atoms. The number of para-hydroxylation sites is 2. The van der Waals surface area contributed by atoms with Crippen molar-refractivity contribution in [3.63, 3.8) is 0 Å². The third-order valence-corrected chi connectivity index (χ3v) is 6.02. The first-order chi connectivity index (χ1) is 14.0. The molecule has 1 aromatic heterocycles. The number of piperazine rings is 1. The number of anilines is 2. The van der Waals surface area contributed by atoms with E-state index < -0.39 is 0 Å². The van der Waals surface area contributed by atoms with Crippen LogP contribution in [0.25, 0.3) is 0 Å². The number of carbonyl (C=O) groups is 1. The molecule has 1 fully saturated rings. The van der Waals surface area contributed by atoms with Crippen molar-refractivity contribution in [1.29, 1.82) is 0 Å². The Morgan fingerprint density at radius 1 is 1.31 bits per heavy atom. The molecule has 158 valence electrons. The number of urea groups is 1. The first-order valence-electron chi connectivity index (χ1n) is 9.96. The zero-order valence-corrected chi connectivity index (χ0v) is 18.4. The zero-order chi connectivity index (χ0) is 20.8. The van der Waals surface area contributed by atoms with Crippen molar-refractivity contribution in [2.24, 2.45) is 0 Å². The third-order valence-electron chi connectivity index (χ3n) is 4.97. The van der Waals surface area contributed by atoms with Gasteiger partial charge in [0, 0.05) is 33.2 Å². The van der Waals surface area contributed by atoms with Gasteiger partial charge in [-0.25, -0.2) is 4.79 Å². The maximum Gasteiger partial charge on any atom is 0.322 e. The molecule has 0 bridgehead atoms. The quantitative estimate of drug-likeness (QED) is 0.739. The molecule has 1 aliphatic rings. The molecular weight excluding hydrogens is 388 g/mol. The average Bonchev–Trinajstić information content (AvgIpc) is 3.18. The Balaban J connectivity index is 1.62. The monoisotopic (exact) mass is 418 g/mol. The summed E-state index contributed by atoms with van der Waals surface area (Å²) in [7, 11) is 3.85. The standard InChI is InChI=1S/C20H30N6O2S/c1-5-29-15(2)19-22-18(28-23-19)14-25(4)20(27)21-16-8-6-7-9-17(16)26-12-10-24(3)11-13-26/h6-9,15H,5,10-14H2,1-4H3,(H,21,27). The first-order valence-corrected chi connectivity index (χ1v) is 11.0. The number of rotatable bonds is 7. The van der Waals surface area contributed by atoms with Crippen molar-refractivity contribution in [1.82, 2.24) is 19.9 Å². The first kappa shape index (κ1) is 21.4. The summed E-state index contributed by atoms with van der Waals surface area (Å²) in [4.78, 5) is 23.3. The minimum atomic E-state index is -0.206. The van der Waals surface area contributed by atoms with Crippen LogP contribution in [0.15, 0.2) is 28.8 Å². The molecule has 1 atom stereocenters. The molecular formula is C20H30N6O2S. The van der Waals surface area contributed by atoms with Crippen molar-refractivity contribution in [2.75, 3.05) is 56.2 Å². The van der Waals surface area contributed by atoms with E-state index in [2.05, 4.69) is 52.2 Å². The van der Waals surface area contributed by atoms with Gasteiger partial charge in [0.2, 0.25) is 5.89 Å². The highest BCUT2D eigenvalue weighted by atomic mass is 32.2. The number of thioether (sulfide) groups is 1. The molecule has 1 N–H and O–H groups in total. The van der Waals surface area contributed by atoms with E-state index in [0.29, 0.717) is 11.7 Å². The van der Waals surface area contributed by atoms with E-state index in [-0.39, 0.29) is 17.8 Å². The summed E-state index contributed by atoms with van der Waals surface area (Å²) in [5.41, 5.74) is 1.86. The molecule has 0 aliphatic carbocycles. The molecule has 0 spiro atoms. The number of hydrogen-bond acceptors (Lipinski definition) is 7. The number of benzene rings is 1. The van der Waals surface area contributed by atoms with E-state index in [1.54, 1.807) is 23.7 Å². The Kier molecular flexibility index (Phi) is 7.38. The highest BCUT2D eigenvalue weighted by Crippen LogP contribution is 2.27. The van der Waals surface area contributed by atoms with E-state index in [0.717, 1.165) is 43.3 Å². The van der Waals surface area contributed by atoms with Crippen molar-refractivity contribution < 1.29 is 9.32 Å². The smallest absolute Gasteiger partial charge is 0.322 e. The average molecular weight is 419 g/mol. The molecule has 2 amide bonds. The summed E-state index contributed by atoms with van der Waals surface area (Å²) >= 11 is 1.75. The summed E-state index contributed by atoms with van der Waals surface area (Å²) in [5.74, 6) is 2.09. The lowest BCUT2D eigenvalue weighted by Crippen LogP contribution is -2.44. The Labute approximate surface area is 176 Å². The van der Waals surface area contributed by atoms with Crippen LogP contribution < -0.4 is 10.2 Å². The molecule has 8 nitrogen and oxygen atoms in total. The fraction of sp³-hybridized carbons (Fsp3) is 0.550. The van der Waals surface area contributed by atoms with Gasteiger partial charge in [-0.1, -0.05) is 24.2 Å².